The molecule has 0 aliphatic carbocycles. The van der Waals surface area contributed by atoms with E-state index in [1.807, 2.05) is 24.5 Å². The third-order valence-corrected chi connectivity index (χ3v) is 7.84. The Bertz CT molecular complexity index is 1440. The monoisotopic (exact) mass is 446 g/mol. The standard InChI is InChI=1S/C26H26N2O3S/c1-16-13-17(2)21(18(3)14-16)15-28-22-11-8-12-23(24(22)19(4)25(28)26(27)29)32(30,31)20-9-6-5-7-10-20/h5-14H,15H2,1-4H3,(H2,27,29). The summed E-state index contributed by atoms with van der Waals surface area (Å²) in [5.74, 6) is -0.579. The predicted molar refractivity (Wildman–Crippen MR) is 127 cm³/mol. The van der Waals surface area contributed by atoms with Crippen molar-refractivity contribution in [2.75, 3.05) is 0 Å². The zero-order valence-electron chi connectivity index (χ0n) is 18.6. The number of amides is 1. The second-order valence-electron chi connectivity index (χ2n) is 8.27. The SMILES string of the molecule is Cc1cc(C)c(Cn2c(C(N)=O)c(C)c3c(S(=O)(=O)c4ccccc4)cccc32)c(C)c1. The van der Waals surface area contributed by atoms with Crippen LogP contribution in [0.5, 0.6) is 0 Å². The molecule has 0 spiro atoms. The van der Waals surface area contributed by atoms with E-state index in [1.165, 1.54) is 5.56 Å². The fourth-order valence-electron chi connectivity index (χ4n) is 4.61. The van der Waals surface area contributed by atoms with Gasteiger partial charge in [0.2, 0.25) is 9.84 Å². The highest BCUT2D eigenvalue weighted by Gasteiger charge is 2.27. The lowest BCUT2D eigenvalue weighted by molar-refractivity contribution is 0.0991. The maximum Gasteiger partial charge on any atom is 0.265 e. The van der Waals surface area contributed by atoms with Crippen molar-refractivity contribution in [1.29, 1.82) is 0 Å². The minimum absolute atomic E-state index is 0.178. The molecule has 0 aliphatic heterocycles. The van der Waals surface area contributed by atoms with E-state index >= 15 is 0 Å². The number of nitrogens with zero attached hydrogens (tertiary/aromatic N) is 1. The molecule has 1 amide bonds. The van der Waals surface area contributed by atoms with Gasteiger partial charge < -0.3 is 10.3 Å². The van der Waals surface area contributed by atoms with E-state index in [9.17, 15) is 13.2 Å². The normalized spacial score (nSPS) is 11.8. The van der Waals surface area contributed by atoms with Gasteiger partial charge in [-0.2, -0.15) is 0 Å². The number of sulfone groups is 1. The van der Waals surface area contributed by atoms with E-state index in [2.05, 4.69) is 19.1 Å². The molecule has 164 valence electrons. The van der Waals surface area contributed by atoms with Crippen LogP contribution in [-0.2, 0) is 16.4 Å². The molecule has 1 heterocycles. The predicted octanol–water partition coefficient (Wildman–Crippen LogP) is 4.85. The van der Waals surface area contributed by atoms with E-state index in [0.29, 0.717) is 28.7 Å². The first-order valence-corrected chi connectivity index (χ1v) is 11.9. The van der Waals surface area contributed by atoms with Gasteiger partial charge in [0.1, 0.15) is 5.69 Å². The summed E-state index contributed by atoms with van der Waals surface area (Å²) in [4.78, 5) is 12.9. The molecule has 32 heavy (non-hydrogen) atoms. The molecule has 3 aromatic carbocycles. The van der Waals surface area contributed by atoms with Crippen molar-refractivity contribution in [1.82, 2.24) is 4.57 Å². The largest absolute Gasteiger partial charge is 0.364 e. The Morgan fingerprint density at radius 3 is 2.12 bits per heavy atom. The number of aryl methyl sites for hydroxylation is 4. The summed E-state index contributed by atoms with van der Waals surface area (Å²) in [6.07, 6.45) is 0. The minimum atomic E-state index is -3.78. The van der Waals surface area contributed by atoms with Crippen LogP contribution in [0.3, 0.4) is 0 Å². The number of carbonyl (C=O) groups excluding carboxylic acids is 1. The van der Waals surface area contributed by atoms with Crippen molar-refractivity contribution >= 4 is 26.6 Å². The van der Waals surface area contributed by atoms with E-state index in [-0.39, 0.29) is 9.79 Å². The van der Waals surface area contributed by atoms with Crippen LogP contribution >= 0.6 is 0 Å². The van der Waals surface area contributed by atoms with Gasteiger partial charge in [-0.25, -0.2) is 8.42 Å². The summed E-state index contributed by atoms with van der Waals surface area (Å²) in [7, 11) is -3.78. The van der Waals surface area contributed by atoms with Crippen LogP contribution in [0, 0.1) is 27.7 Å². The molecule has 0 radical (unpaired) electrons. The van der Waals surface area contributed by atoms with Crippen LogP contribution in [-0.4, -0.2) is 18.9 Å². The highest BCUT2D eigenvalue weighted by Crippen LogP contribution is 2.35. The number of hydrogen-bond donors (Lipinski definition) is 1. The Morgan fingerprint density at radius 1 is 0.906 bits per heavy atom. The Labute approximate surface area is 188 Å². The molecule has 0 fully saturated rings. The summed E-state index contributed by atoms with van der Waals surface area (Å²) < 4.78 is 28.8. The zero-order valence-corrected chi connectivity index (χ0v) is 19.5. The first-order chi connectivity index (χ1) is 15.1. The molecule has 1 aromatic heterocycles. The lowest BCUT2D eigenvalue weighted by Crippen LogP contribution is -2.19. The van der Waals surface area contributed by atoms with Crippen molar-refractivity contribution in [2.45, 2.75) is 44.0 Å². The minimum Gasteiger partial charge on any atom is -0.364 e. The maximum atomic E-state index is 13.5. The number of rotatable bonds is 5. The Hall–Kier alpha value is -3.38. The molecule has 0 bridgehead atoms. The molecule has 0 atom stereocenters. The number of hydrogen-bond acceptors (Lipinski definition) is 3. The highest BCUT2D eigenvalue weighted by atomic mass is 32.2. The van der Waals surface area contributed by atoms with E-state index < -0.39 is 15.7 Å². The van der Waals surface area contributed by atoms with Crippen LogP contribution in [0.2, 0.25) is 0 Å². The lowest BCUT2D eigenvalue weighted by Gasteiger charge is -2.15. The molecule has 0 saturated carbocycles. The maximum absolute atomic E-state index is 13.5. The average molecular weight is 447 g/mol. The quantitative estimate of drug-likeness (QED) is 0.475. The summed E-state index contributed by atoms with van der Waals surface area (Å²) >= 11 is 0. The van der Waals surface area contributed by atoms with Gasteiger partial charge in [-0.3, -0.25) is 4.79 Å². The number of primary amides is 1. The third kappa shape index (κ3) is 3.50. The van der Waals surface area contributed by atoms with Gasteiger partial charge in [0.25, 0.3) is 5.91 Å². The number of nitrogens with two attached hydrogens (primary N) is 1. The molecule has 0 saturated heterocycles. The lowest BCUT2D eigenvalue weighted by atomic mass is 9.99. The second-order valence-corrected chi connectivity index (χ2v) is 10.2. The molecule has 4 rings (SSSR count). The average Bonchev–Trinajstić information content (AvgIpc) is 3.03. The zero-order chi connectivity index (χ0) is 23.2. The van der Waals surface area contributed by atoms with Gasteiger partial charge >= 0.3 is 0 Å². The summed E-state index contributed by atoms with van der Waals surface area (Å²) in [6.45, 7) is 8.33. The van der Waals surface area contributed by atoms with Gasteiger partial charge in [0.15, 0.2) is 0 Å². The number of fused-ring (bicyclic) bond motifs is 1. The van der Waals surface area contributed by atoms with Crippen LogP contribution < -0.4 is 5.73 Å². The van der Waals surface area contributed by atoms with E-state index in [0.717, 1.165) is 16.7 Å². The van der Waals surface area contributed by atoms with Gasteiger partial charge in [-0.15, -0.1) is 0 Å². The molecule has 2 N–H and O–H groups in total. The van der Waals surface area contributed by atoms with E-state index in [1.54, 1.807) is 49.4 Å². The molecular weight excluding hydrogens is 420 g/mol. The van der Waals surface area contributed by atoms with Crippen molar-refractivity contribution in [2.24, 2.45) is 5.73 Å². The molecular formula is C26H26N2O3S. The van der Waals surface area contributed by atoms with Crippen LogP contribution in [0.1, 0.15) is 38.3 Å². The van der Waals surface area contributed by atoms with Crippen molar-refractivity contribution < 1.29 is 13.2 Å². The van der Waals surface area contributed by atoms with E-state index in [4.69, 9.17) is 5.73 Å². The molecule has 5 nitrogen and oxygen atoms in total. The Morgan fingerprint density at radius 2 is 1.53 bits per heavy atom. The van der Waals surface area contributed by atoms with Crippen LogP contribution in [0.4, 0.5) is 0 Å². The summed E-state index contributed by atoms with van der Waals surface area (Å²) in [5, 5.41) is 0.535. The first kappa shape index (κ1) is 21.8. The topological polar surface area (TPSA) is 82.2 Å². The van der Waals surface area contributed by atoms with Gasteiger partial charge in [0, 0.05) is 11.9 Å². The van der Waals surface area contributed by atoms with Gasteiger partial charge in [0.05, 0.1) is 15.3 Å². The third-order valence-electron chi connectivity index (χ3n) is 6.03. The molecule has 6 heteroatoms. The number of aromatic nitrogens is 1. The van der Waals surface area contributed by atoms with Crippen LogP contribution in [0.25, 0.3) is 10.9 Å². The first-order valence-electron chi connectivity index (χ1n) is 10.4. The van der Waals surface area contributed by atoms with Crippen molar-refractivity contribution in [3.05, 3.63) is 94.2 Å². The highest BCUT2D eigenvalue weighted by molar-refractivity contribution is 7.91. The van der Waals surface area contributed by atoms with Gasteiger partial charge in [-0.05, 0) is 74.2 Å². The summed E-state index contributed by atoms with van der Waals surface area (Å²) in [5.41, 5.74) is 11.9. The smallest absolute Gasteiger partial charge is 0.265 e. The second kappa shape index (κ2) is 7.95. The fraction of sp³-hybridized carbons (Fsp3) is 0.192. The van der Waals surface area contributed by atoms with Crippen molar-refractivity contribution in [3.63, 3.8) is 0 Å². The number of carbonyl (C=O) groups is 1. The number of benzene rings is 3. The Kier molecular flexibility index (Phi) is 5.42. The Balaban J connectivity index is 2.02. The van der Waals surface area contributed by atoms with Crippen molar-refractivity contribution in [3.8, 4) is 0 Å². The van der Waals surface area contributed by atoms with Crippen LogP contribution in [0.15, 0.2) is 70.5 Å². The molecule has 0 unspecified atom stereocenters. The fourth-order valence-corrected chi connectivity index (χ4v) is 6.17. The molecule has 4 aromatic rings. The molecule has 0 aliphatic rings. The van der Waals surface area contributed by atoms with Gasteiger partial charge in [-0.1, -0.05) is 42.0 Å². The summed E-state index contributed by atoms with van der Waals surface area (Å²) in [6, 6.07) is 17.7.